The van der Waals surface area contributed by atoms with Gasteiger partial charge in [-0.25, -0.2) is 5.43 Å². The Morgan fingerprint density at radius 1 is 1.45 bits per heavy atom. The lowest BCUT2D eigenvalue weighted by Gasteiger charge is -2.28. The number of rotatable bonds is 3. The predicted molar refractivity (Wildman–Crippen MR) is 85.9 cm³/mol. The zero-order valence-corrected chi connectivity index (χ0v) is 13.1. The Morgan fingerprint density at radius 3 is 2.70 bits per heavy atom. The van der Waals surface area contributed by atoms with E-state index in [4.69, 9.17) is 39.5 Å². The van der Waals surface area contributed by atoms with Gasteiger partial charge in [-0.15, -0.1) is 0 Å². The molecule has 0 saturated heterocycles. The van der Waals surface area contributed by atoms with Crippen molar-refractivity contribution in [3.8, 4) is 5.75 Å². The van der Waals surface area contributed by atoms with Crippen molar-refractivity contribution in [3.63, 3.8) is 0 Å². The van der Waals surface area contributed by atoms with Crippen LogP contribution in [0.2, 0.25) is 0 Å². The summed E-state index contributed by atoms with van der Waals surface area (Å²) in [5, 5.41) is 5.89. The summed E-state index contributed by atoms with van der Waals surface area (Å²) in [6.45, 7) is 4.56. The van der Waals surface area contributed by atoms with Crippen LogP contribution in [0.15, 0.2) is 23.8 Å². The lowest BCUT2D eigenvalue weighted by molar-refractivity contribution is 0.407. The Balaban J connectivity index is 2.64. The molecule has 1 heterocycles. The van der Waals surface area contributed by atoms with Gasteiger partial charge in [0.1, 0.15) is 5.69 Å². The van der Waals surface area contributed by atoms with Crippen molar-refractivity contribution >= 4 is 52.8 Å². The fourth-order valence-electron chi connectivity index (χ4n) is 1.95. The average Bonchev–Trinajstić information content (AvgIpc) is 2.45. The van der Waals surface area contributed by atoms with E-state index in [1.54, 1.807) is 17.3 Å². The minimum Gasteiger partial charge on any atom is -0.494 e. The second kappa shape index (κ2) is 6.22. The molecule has 0 aliphatic carbocycles. The summed E-state index contributed by atoms with van der Waals surface area (Å²) in [6.07, 6.45) is 4.36. The maximum absolute atomic E-state index is 6.00. The Bertz CT molecular complexity index is 540. The van der Waals surface area contributed by atoms with Crippen molar-refractivity contribution in [2.75, 3.05) is 18.8 Å². The molecule has 4 nitrogen and oxygen atoms in total. The molecule has 20 heavy (non-hydrogen) atoms. The molecule has 0 radical (unpaired) electrons. The first-order chi connectivity index (χ1) is 9.49. The summed E-state index contributed by atoms with van der Waals surface area (Å²) in [7, 11) is 1.53. The fourth-order valence-corrected chi connectivity index (χ4v) is 2.40. The van der Waals surface area contributed by atoms with E-state index < -0.39 is 3.79 Å². The third kappa shape index (κ3) is 3.04. The Morgan fingerprint density at radius 2 is 2.20 bits per heavy atom. The summed E-state index contributed by atoms with van der Waals surface area (Å²) in [6, 6.07) is 3.52. The molecule has 1 aliphatic rings. The maximum Gasteiger partial charge on any atom is 0.219 e. The molecular formula is C13H14Cl3N3O. The summed E-state index contributed by atoms with van der Waals surface area (Å²) < 4.78 is 3.86. The first-order valence-corrected chi connectivity index (χ1v) is 7.09. The molecule has 2 rings (SSSR count). The molecule has 0 bridgehead atoms. The number of halogens is 3. The number of methoxy groups -OCH3 is 1. The molecule has 0 saturated carbocycles. The van der Waals surface area contributed by atoms with Gasteiger partial charge in [0.2, 0.25) is 3.79 Å². The highest BCUT2D eigenvalue weighted by atomic mass is 35.6. The lowest BCUT2D eigenvalue weighted by atomic mass is 10.1. The quantitative estimate of drug-likeness (QED) is 0.853. The van der Waals surface area contributed by atoms with Crippen LogP contribution in [-0.2, 0) is 3.79 Å². The van der Waals surface area contributed by atoms with E-state index in [0.29, 0.717) is 17.0 Å². The number of nitrogens with one attached hydrogen (secondary N) is 1. The van der Waals surface area contributed by atoms with Crippen molar-refractivity contribution < 1.29 is 4.74 Å². The minimum atomic E-state index is -1.58. The second-order valence-corrected chi connectivity index (χ2v) is 6.37. The van der Waals surface area contributed by atoms with E-state index >= 15 is 0 Å². The standard InChI is InChI=1S/C13H14Cl3N3O/c1-3-9-5-6-10(13(14,15)16)12(20-2)11(9)19-17-7-4-8-18-19/h3,5-7,18H,1,4,8H2,2H3. The molecule has 1 aromatic carbocycles. The number of hydrogen-bond acceptors (Lipinski definition) is 4. The second-order valence-electron chi connectivity index (χ2n) is 4.09. The zero-order valence-electron chi connectivity index (χ0n) is 10.9. The highest BCUT2D eigenvalue weighted by molar-refractivity contribution is 6.67. The van der Waals surface area contributed by atoms with Crippen LogP contribution in [0.25, 0.3) is 6.08 Å². The number of anilines is 1. The first kappa shape index (κ1) is 15.4. The molecule has 1 aliphatic heterocycles. The number of hydrogen-bond donors (Lipinski definition) is 1. The van der Waals surface area contributed by atoms with Gasteiger partial charge in [-0.3, -0.25) is 0 Å². The molecule has 0 unspecified atom stereocenters. The van der Waals surface area contributed by atoms with Crippen LogP contribution in [-0.4, -0.2) is 19.9 Å². The van der Waals surface area contributed by atoms with Gasteiger partial charge in [0, 0.05) is 23.9 Å². The van der Waals surface area contributed by atoms with Crippen molar-refractivity contribution in [3.05, 3.63) is 29.8 Å². The molecule has 7 heteroatoms. The number of hydrazone groups is 1. The number of ether oxygens (including phenoxy) is 1. The van der Waals surface area contributed by atoms with Gasteiger partial charge in [-0.2, -0.15) is 10.2 Å². The third-order valence-electron chi connectivity index (χ3n) is 2.84. The number of benzene rings is 1. The van der Waals surface area contributed by atoms with Gasteiger partial charge in [0.05, 0.1) is 7.11 Å². The minimum absolute atomic E-state index is 0.452. The smallest absolute Gasteiger partial charge is 0.219 e. The average molecular weight is 335 g/mol. The summed E-state index contributed by atoms with van der Waals surface area (Å²) in [4.78, 5) is 0. The van der Waals surface area contributed by atoms with Gasteiger partial charge < -0.3 is 4.74 Å². The summed E-state index contributed by atoms with van der Waals surface area (Å²) in [5.41, 5.74) is 5.09. The predicted octanol–water partition coefficient (Wildman–Crippen LogP) is 3.87. The van der Waals surface area contributed by atoms with Crippen molar-refractivity contribution in [2.24, 2.45) is 5.10 Å². The normalized spacial score (nSPS) is 15.3. The monoisotopic (exact) mass is 333 g/mol. The van der Waals surface area contributed by atoms with Gasteiger partial charge in [-0.1, -0.05) is 59.6 Å². The largest absolute Gasteiger partial charge is 0.494 e. The SMILES string of the molecule is C=Cc1ccc(C(Cl)(Cl)Cl)c(OC)c1N1N=CCCN1. The van der Waals surface area contributed by atoms with Gasteiger partial charge in [0.25, 0.3) is 0 Å². The number of nitrogens with zero attached hydrogens (tertiary/aromatic N) is 2. The molecule has 108 valence electrons. The van der Waals surface area contributed by atoms with E-state index in [1.807, 2.05) is 12.3 Å². The topological polar surface area (TPSA) is 36.9 Å². The Hall–Kier alpha value is -0.940. The molecule has 0 fully saturated rings. The highest BCUT2D eigenvalue weighted by Crippen LogP contribution is 2.47. The zero-order chi connectivity index (χ0) is 14.8. The lowest BCUT2D eigenvalue weighted by Crippen LogP contribution is -2.38. The van der Waals surface area contributed by atoms with Crippen LogP contribution in [0.3, 0.4) is 0 Å². The molecule has 1 N–H and O–H groups in total. The number of hydrazine groups is 1. The van der Waals surface area contributed by atoms with E-state index in [2.05, 4.69) is 17.1 Å². The van der Waals surface area contributed by atoms with Crippen LogP contribution in [0.5, 0.6) is 5.75 Å². The highest BCUT2D eigenvalue weighted by Gasteiger charge is 2.31. The van der Waals surface area contributed by atoms with Crippen LogP contribution in [0.4, 0.5) is 5.69 Å². The first-order valence-electron chi connectivity index (χ1n) is 5.95. The van der Waals surface area contributed by atoms with Gasteiger partial charge in [-0.05, 0) is 6.42 Å². The van der Waals surface area contributed by atoms with Crippen molar-refractivity contribution in [1.82, 2.24) is 5.43 Å². The van der Waals surface area contributed by atoms with Crippen LogP contribution in [0, 0.1) is 0 Å². The summed E-state index contributed by atoms with van der Waals surface area (Å²) >= 11 is 18.0. The molecule has 0 spiro atoms. The molecule has 0 atom stereocenters. The molecule has 0 aromatic heterocycles. The molecule has 0 amide bonds. The number of alkyl halides is 3. The fraction of sp³-hybridized carbons (Fsp3) is 0.308. The van der Waals surface area contributed by atoms with Crippen molar-refractivity contribution in [1.29, 1.82) is 0 Å². The van der Waals surface area contributed by atoms with E-state index in [1.165, 1.54) is 7.11 Å². The molecular weight excluding hydrogens is 321 g/mol. The Labute approximate surface area is 132 Å². The van der Waals surface area contributed by atoms with Crippen molar-refractivity contribution in [2.45, 2.75) is 10.2 Å². The Kier molecular flexibility index (Phi) is 4.81. The van der Waals surface area contributed by atoms with Crippen LogP contribution >= 0.6 is 34.8 Å². The van der Waals surface area contributed by atoms with E-state index in [-0.39, 0.29) is 0 Å². The maximum atomic E-state index is 6.00. The van der Waals surface area contributed by atoms with E-state index in [9.17, 15) is 0 Å². The molecule has 1 aromatic rings. The van der Waals surface area contributed by atoms with Gasteiger partial charge >= 0.3 is 0 Å². The van der Waals surface area contributed by atoms with E-state index in [0.717, 1.165) is 18.5 Å². The van der Waals surface area contributed by atoms with Gasteiger partial charge in [0.15, 0.2) is 5.75 Å². The van der Waals surface area contributed by atoms with Crippen LogP contribution in [0.1, 0.15) is 17.5 Å². The van der Waals surface area contributed by atoms with Crippen LogP contribution < -0.4 is 15.3 Å². The third-order valence-corrected chi connectivity index (χ3v) is 3.45. The summed E-state index contributed by atoms with van der Waals surface area (Å²) in [5.74, 6) is 0.453.